The lowest BCUT2D eigenvalue weighted by molar-refractivity contribution is 0.0950. The summed E-state index contributed by atoms with van der Waals surface area (Å²) in [4.78, 5) is 32.9. The number of benzene rings is 1. The summed E-state index contributed by atoms with van der Waals surface area (Å²) >= 11 is 0. The molecule has 0 aliphatic rings. The number of para-hydroxylation sites is 1. The van der Waals surface area contributed by atoms with Crippen molar-refractivity contribution < 1.29 is 9.59 Å². The fourth-order valence-electron chi connectivity index (χ4n) is 2.62. The normalized spacial score (nSPS) is 10.3. The minimum absolute atomic E-state index is 0.289. The number of aryl methyl sites for hydroxylation is 1. The number of hydrogen-bond donors (Lipinski definition) is 2. The van der Waals surface area contributed by atoms with Gasteiger partial charge in [-0.1, -0.05) is 25.1 Å². The molecule has 0 saturated carbocycles. The molecule has 27 heavy (non-hydrogen) atoms. The zero-order valence-corrected chi connectivity index (χ0v) is 15.0. The second-order valence-electron chi connectivity index (χ2n) is 5.97. The standard InChI is InChI=1S/C21H20N4O2/c1-2-16-5-3-4-6-19(16)25-21(27)18-11-17(13-23-14-18)20(26)24-12-15-7-9-22-10-8-15/h3-11,13-14H,2,12H2,1H3,(H,24,26)(H,25,27). The first-order chi connectivity index (χ1) is 13.2. The maximum Gasteiger partial charge on any atom is 0.257 e. The highest BCUT2D eigenvalue weighted by atomic mass is 16.2. The Morgan fingerprint density at radius 1 is 0.926 bits per heavy atom. The maximum atomic E-state index is 12.5. The molecular weight excluding hydrogens is 340 g/mol. The molecule has 0 spiro atoms. The molecule has 6 nitrogen and oxygen atoms in total. The zero-order valence-electron chi connectivity index (χ0n) is 15.0. The van der Waals surface area contributed by atoms with E-state index in [2.05, 4.69) is 20.6 Å². The number of nitrogens with zero attached hydrogens (tertiary/aromatic N) is 2. The van der Waals surface area contributed by atoms with Crippen LogP contribution in [-0.2, 0) is 13.0 Å². The van der Waals surface area contributed by atoms with Gasteiger partial charge in [0.05, 0.1) is 11.1 Å². The van der Waals surface area contributed by atoms with Crippen molar-refractivity contribution in [2.75, 3.05) is 5.32 Å². The van der Waals surface area contributed by atoms with E-state index in [1.54, 1.807) is 18.5 Å². The van der Waals surface area contributed by atoms with Crippen LogP contribution in [0, 0.1) is 0 Å². The van der Waals surface area contributed by atoms with Crippen molar-refractivity contribution >= 4 is 17.5 Å². The summed E-state index contributed by atoms with van der Waals surface area (Å²) < 4.78 is 0. The van der Waals surface area contributed by atoms with Crippen LogP contribution in [0.4, 0.5) is 5.69 Å². The van der Waals surface area contributed by atoms with E-state index in [0.29, 0.717) is 17.7 Å². The highest BCUT2D eigenvalue weighted by Crippen LogP contribution is 2.16. The monoisotopic (exact) mass is 360 g/mol. The molecule has 0 aliphatic heterocycles. The van der Waals surface area contributed by atoms with E-state index in [1.807, 2.05) is 43.3 Å². The highest BCUT2D eigenvalue weighted by molar-refractivity contribution is 6.06. The number of pyridine rings is 2. The summed E-state index contributed by atoms with van der Waals surface area (Å²) in [5.74, 6) is -0.588. The number of carbonyl (C=O) groups is 2. The summed E-state index contributed by atoms with van der Waals surface area (Å²) in [6.07, 6.45) is 7.04. The fraction of sp³-hybridized carbons (Fsp3) is 0.143. The molecule has 2 amide bonds. The van der Waals surface area contributed by atoms with Crippen LogP contribution in [0.1, 0.15) is 38.8 Å². The average molecular weight is 360 g/mol. The average Bonchev–Trinajstić information content (AvgIpc) is 2.73. The molecule has 3 aromatic rings. The second-order valence-corrected chi connectivity index (χ2v) is 5.97. The van der Waals surface area contributed by atoms with Gasteiger partial charge < -0.3 is 10.6 Å². The van der Waals surface area contributed by atoms with Gasteiger partial charge in [-0.05, 0) is 41.8 Å². The summed E-state index contributed by atoms with van der Waals surface area (Å²) in [7, 11) is 0. The van der Waals surface area contributed by atoms with Crippen LogP contribution < -0.4 is 10.6 Å². The van der Waals surface area contributed by atoms with Crippen LogP contribution in [0.15, 0.2) is 67.3 Å². The first kappa shape index (κ1) is 18.3. The summed E-state index contributed by atoms with van der Waals surface area (Å²) in [5.41, 5.74) is 3.41. The molecule has 3 rings (SSSR count). The van der Waals surface area contributed by atoms with Gasteiger partial charge in [0.25, 0.3) is 11.8 Å². The smallest absolute Gasteiger partial charge is 0.257 e. The quantitative estimate of drug-likeness (QED) is 0.707. The molecule has 0 saturated heterocycles. The van der Waals surface area contributed by atoms with Gasteiger partial charge in [-0.3, -0.25) is 19.6 Å². The van der Waals surface area contributed by atoms with Gasteiger partial charge in [0.2, 0.25) is 0 Å². The van der Waals surface area contributed by atoms with E-state index >= 15 is 0 Å². The highest BCUT2D eigenvalue weighted by Gasteiger charge is 2.12. The minimum atomic E-state index is -0.299. The second kappa shape index (κ2) is 8.71. The third-order valence-corrected chi connectivity index (χ3v) is 4.11. The van der Waals surface area contributed by atoms with Crippen molar-refractivity contribution in [2.24, 2.45) is 0 Å². The molecule has 136 valence electrons. The minimum Gasteiger partial charge on any atom is -0.348 e. The molecule has 6 heteroatoms. The van der Waals surface area contributed by atoms with E-state index in [4.69, 9.17) is 0 Å². The van der Waals surface area contributed by atoms with Crippen LogP contribution in [0.5, 0.6) is 0 Å². The predicted molar refractivity (Wildman–Crippen MR) is 103 cm³/mol. The van der Waals surface area contributed by atoms with Crippen LogP contribution >= 0.6 is 0 Å². The van der Waals surface area contributed by atoms with Crippen molar-refractivity contribution in [2.45, 2.75) is 19.9 Å². The van der Waals surface area contributed by atoms with E-state index in [1.165, 1.54) is 12.4 Å². The molecule has 0 atom stereocenters. The number of rotatable bonds is 6. The lowest BCUT2D eigenvalue weighted by Gasteiger charge is -2.10. The Kier molecular flexibility index (Phi) is 5.89. The molecular formula is C21H20N4O2. The Balaban J connectivity index is 1.69. The molecule has 2 N–H and O–H groups in total. The van der Waals surface area contributed by atoms with Crippen LogP contribution in [-0.4, -0.2) is 21.8 Å². The van der Waals surface area contributed by atoms with Gasteiger partial charge >= 0.3 is 0 Å². The van der Waals surface area contributed by atoms with Crippen molar-refractivity contribution in [3.63, 3.8) is 0 Å². The summed E-state index contributed by atoms with van der Waals surface area (Å²) in [6.45, 7) is 2.40. The molecule has 2 aromatic heterocycles. The number of anilines is 1. The molecule has 2 heterocycles. The Bertz CT molecular complexity index is 942. The number of aromatic nitrogens is 2. The van der Waals surface area contributed by atoms with Gasteiger partial charge in [-0.25, -0.2) is 0 Å². The molecule has 0 radical (unpaired) electrons. The third-order valence-electron chi connectivity index (χ3n) is 4.11. The van der Waals surface area contributed by atoms with E-state index in [-0.39, 0.29) is 11.8 Å². The van der Waals surface area contributed by atoms with E-state index in [0.717, 1.165) is 23.2 Å². The maximum absolute atomic E-state index is 12.5. The van der Waals surface area contributed by atoms with Gasteiger partial charge in [0.15, 0.2) is 0 Å². The van der Waals surface area contributed by atoms with Crippen molar-refractivity contribution in [1.29, 1.82) is 0 Å². The van der Waals surface area contributed by atoms with Gasteiger partial charge in [0.1, 0.15) is 0 Å². The number of hydrogen-bond acceptors (Lipinski definition) is 4. The Hall–Kier alpha value is -3.54. The SMILES string of the molecule is CCc1ccccc1NC(=O)c1cncc(C(=O)NCc2ccncc2)c1. The van der Waals surface area contributed by atoms with Crippen LogP contribution in [0.25, 0.3) is 0 Å². The third kappa shape index (κ3) is 4.76. The van der Waals surface area contributed by atoms with Crippen molar-refractivity contribution in [3.05, 3.63) is 89.5 Å². The molecule has 1 aromatic carbocycles. The Morgan fingerprint density at radius 3 is 2.37 bits per heavy atom. The van der Waals surface area contributed by atoms with Gasteiger partial charge in [-0.15, -0.1) is 0 Å². The molecule has 0 aliphatic carbocycles. The van der Waals surface area contributed by atoms with Crippen LogP contribution in [0.3, 0.4) is 0 Å². The van der Waals surface area contributed by atoms with Gasteiger partial charge in [-0.2, -0.15) is 0 Å². The Labute approximate surface area is 157 Å². The lowest BCUT2D eigenvalue weighted by Crippen LogP contribution is -2.23. The van der Waals surface area contributed by atoms with Gasteiger partial charge in [0, 0.05) is 37.0 Å². The first-order valence-electron chi connectivity index (χ1n) is 8.68. The largest absolute Gasteiger partial charge is 0.348 e. The van der Waals surface area contributed by atoms with Crippen molar-refractivity contribution in [1.82, 2.24) is 15.3 Å². The number of nitrogens with one attached hydrogen (secondary N) is 2. The molecule has 0 unspecified atom stereocenters. The first-order valence-corrected chi connectivity index (χ1v) is 8.68. The predicted octanol–water partition coefficient (Wildman–Crippen LogP) is 3.22. The van der Waals surface area contributed by atoms with E-state index in [9.17, 15) is 9.59 Å². The topological polar surface area (TPSA) is 84.0 Å². The number of amides is 2. The molecule has 0 bridgehead atoms. The zero-order chi connectivity index (χ0) is 19.1. The van der Waals surface area contributed by atoms with Crippen molar-refractivity contribution in [3.8, 4) is 0 Å². The fourth-order valence-corrected chi connectivity index (χ4v) is 2.62. The summed E-state index contributed by atoms with van der Waals surface area (Å²) in [6, 6.07) is 12.8. The lowest BCUT2D eigenvalue weighted by atomic mass is 10.1. The Morgan fingerprint density at radius 2 is 1.63 bits per heavy atom. The van der Waals surface area contributed by atoms with Crippen LogP contribution in [0.2, 0.25) is 0 Å². The number of carbonyl (C=O) groups excluding carboxylic acids is 2. The van der Waals surface area contributed by atoms with E-state index < -0.39 is 0 Å². The summed E-state index contributed by atoms with van der Waals surface area (Å²) in [5, 5.41) is 5.70. The molecule has 0 fully saturated rings.